The van der Waals surface area contributed by atoms with Gasteiger partial charge in [0.25, 0.3) is 0 Å². The van der Waals surface area contributed by atoms with E-state index in [0.29, 0.717) is 18.3 Å². The van der Waals surface area contributed by atoms with Gasteiger partial charge in [-0.15, -0.1) is 0 Å². The van der Waals surface area contributed by atoms with Crippen LogP contribution in [0.5, 0.6) is 0 Å². The van der Waals surface area contributed by atoms with Gasteiger partial charge in [0.2, 0.25) is 0 Å². The largest absolute Gasteiger partial charge is 0.464 e. The summed E-state index contributed by atoms with van der Waals surface area (Å²) in [5.74, 6) is 3.03. The van der Waals surface area contributed by atoms with Crippen LogP contribution in [0.1, 0.15) is 48.8 Å². The van der Waals surface area contributed by atoms with Gasteiger partial charge in [0.1, 0.15) is 17.3 Å². The van der Waals surface area contributed by atoms with Crippen LogP contribution in [-0.2, 0) is 6.54 Å². The van der Waals surface area contributed by atoms with Crippen LogP contribution in [0.15, 0.2) is 28.8 Å². The Kier molecular flexibility index (Phi) is 4.83. The number of hydrogen-bond donors (Lipinski definition) is 1. The van der Waals surface area contributed by atoms with Gasteiger partial charge in [-0.05, 0) is 50.8 Å². The van der Waals surface area contributed by atoms with E-state index in [9.17, 15) is 4.79 Å². The highest BCUT2D eigenvalue weighted by Gasteiger charge is 2.32. The van der Waals surface area contributed by atoms with Gasteiger partial charge in [-0.1, -0.05) is 6.92 Å². The Morgan fingerprint density at radius 1 is 1.38 bits per heavy atom. The lowest BCUT2D eigenvalue weighted by atomic mass is 9.91. The van der Waals surface area contributed by atoms with E-state index in [1.54, 1.807) is 6.20 Å². The van der Waals surface area contributed by atoms with Gasteiger partial charge < -0.3 is 14.6 Å². The van der Waals surface area contributed by atoms with E-state index < -0.39 is 0 Å². The quantitative estimate of drug-likeness (QED) is 0.937. The molecule has 3 heterocycles. The number of carbonyl (C=O) groups is 1. The monoisotopic (exact) mass is 328 g/mol. The van der Waals surface area contributed by atoms with Crippen LogP contribution in [0.3, 0.4) is 0 Å². The molecule has 0 saturated carbocycles. The molecule has 2 atom stereocenters. The fourth-order valence-electron chi connectivity index (χ4n) is 3.16. The molecule has 1 N–H and O–H groups in total. The third-order valence-corrected chi connectivity index (χ3v) is 4.47. The number of carbonyl (C=O) groups excluding carboxylic acids is 1. The molecule has 0 bridgehead atoms. The minimum absolute atomic E-state index is 0.00501. The summed E-state index contributed by atoms with van der Waals surface area (Å²) >= 11 is 0. The lowest BCUT2D eigenvalue weighted by molar-refractivity contribution is 0.119. The maximum absolute atomic E-state index is 12.7. The van der Waals surface area contributed by atoms with Crippen LogP contribution < -0.4 is 5.32 Å². The molecule has 6 nitrogen and oxygen atoms in total. The first-order valence-corrected chi connectivity index (χ1v) is 8.42. The van der Waals surface area contributed by atoms with Crippen molar-refractivity contribution in [1.82, 2.24) is 20.2 Å². The van der Waals surface area contributed by atoms with Crippen LogP contribution in [0, 0.1) is 19.8 Å². The molecule has 0 aromatic carbocycles. The first-order chi connectivity index (χ1) is 11.5. The summed E-state index contributed by atoms with van der Waals surface area (Å²) in [6.45, 7) is 7.13. The lowest BCUT2D eigenvalue weighted by Crippen LogP contribution is -2.45. The Morgan fingerprint density at radius 3 is 2.92 bits per heavy atom. The van der Waals surface area contributed by atoms with E-state index in [0.717, 1.165) is 36.6 Å². The summed E-state index contributed by atoms with van der Waals surface area (Å²) in [7, 11) is 0. The average Bonchev–Trinajstić information content (AvgIpc) is 2.99. The summed E-state index contributed by atoms with van der Waals surface area (Å²) in [6.07, 6.45) is 3.64. The number of piperidine rings is 1. The summed E-state index contributed by atoms with van der Waals surface area (Å²) in [4.78, 5) is 23.0. The summed E-state index contributed by atoms with van der Waals surface area (Å²) in [5, 5.41) is 2.97. The molecule has 0 radical (unpaired) electrons. The zero-order chi connectivity index (χ0) is 17.1. The van der Waals surface area contributed by atoms with E-state index in [1.807, 2.05) is 36.9 Å². The van der Waals surface area contributed by atoms with Gasteiger partial charge in [-0.25, -0.2) is 14.8 Å². The first-order valence-electron chi connectivity index (χ1n) is 8.42. The second-order valence-corrected chi connectivity index (χ2v) is 6.54. The third-order valence-electron chi connectivity index (χ3n) is 4.47. The molecule has 3 rings (SSSR count). The van der Waals surface area contributed by atoms with Gasteiger partial charge in [0, 0.05) is 12.7 Å². The van der Waals surface area contributed by atoms with Crippen molar-refractivity contribution >= 4 is 6.03 Å². The molecule has 0 aliphatic carbocycles. The van der Waals surface area contributed by atoms with Crippen LogP contribution in [0.25, 0.3) is 0 Å². The fraction of sp³-hybridized carbons (Fsp3) is 0.500. The maximum Gasteiger partial charge on any atom is 0.318 e. The van der Waals surface area contributed by atoms with Gasteiger partial charge in [0.05, 0.1) is 18.3 Å². The molecule has 1 aliphatic rings. The molecule has 1 saturated heterocycles. The van der Waals surface area contributed by atoms with Crippen LogP contribution >= 0.6 is 0 Å². The number of nitrogens with zero attached hydrogens (tertiary/aromatic N) is 3. The zero-order valence-electron chi connectivity index (χ0n) is 14.5. The second-order valence-electron chi connectivity index (χ2n) is 6.54. The van der Waals surface area contributed by atoms with Crippen LogP contribution in [0.2, 0.25) is 0 Å². The molecular weight excluding hydrogens is 304 g/mol. The smallest absolute Gasteiger partial charge is 0.318 e. The number of amides is 2. The topological polar surface area (TPSA) is 71.3 Å². The van der Waals surface area contributed by atoms with E-state index in [-0.39, 0.29) is 12.1 Å². The van der Waals surface area contributed by atoms with Crippen molar-refractivity contribution in [3.8, 4) is 0 Å². The standard InChI is InChI=1S/C18H24N4O2/c1-12-7-9-22(16(10-12)17-5-4-13(2)24-17)18(23)20-11-15-6-8-19-14(3)21-15/h4-6,8,12,16H,7,9-11H2,1-3H3,(H,20,23)/t12-,16-/m0/s1. The van der Waals surface area contributed by atoms with Crippen molar-refractivity contribution in [2.24, 2.45) is 5.92 Å². The number of aromatic nitrogens is 2. The minimum Gasteiger partial charge on any atom is -0.464 e. The number of likely N-dealkylation sites (tertiary alicyclic amines) is 1. The Morgan fingerprint density at radius 2 is 2.21 bits per heavy atom. The Hall–Kier alpha value is -2.37. The van der Waals surface area contributed by atoms with Gasteiger partial charge in [0.15, 0.2) is 0 Å². The molecule has 24 heavy (non-hydrogen) atoms. The van der Waals surface area contributed by atoms with Crippen molar-refractivity contribution in [3.05, 3.63) is 47.4 Å². The molecule has 1 fully saturated rings. The summed E-state index contributed by atoms with van der Waals surface area (Å²) in [5.41, 5.74) is 0.812. The van der Waals surface area contributed by atoms with E-state index in [1.165, 1.54) is 0 Å². The Balaban J connectivity index is 1.69. The number of hydrogen-bond acceptors (Lipinski definition) is 4. The maximum atomic E-state index is 12.7. The van der Waals surface area contributed by atoms with Crippen LogP contribution in [0.4, 0.5) is 4.79 Å². The minimum atomic E-state index is -0.0720. The third kappa shape index (κ3) is 3.75. The summed E-state index contributed by atoms with van der Waals surface area (Å²) in [6, 6.07) is 5.67. The van der Waals surface area contributed by atoms with Crippen molar-refractivity contribution in [1.29, 1.82) is 0 Å². The molecule has 1 aliphatic heterocycles. The zero-order valence-corrected chi connectivity index (χ0v) is 14.5. The summed E-state index contributed by atoms with van der Waals surface area (Å²) < 4.78 is 5.79. The van der Waals surface area contributed by atoms with Crippen LogP contribution in [-0.4, -0.2) is 27.4 Å². The number of aryl methyl sites for hydroxylation is 2. The van der Waals surface area contributed by atoms with Gasteiger partial charge in [-0.2, -0.15) is 0 Å². The predicted octanol–water partition coefficient (Wildman–Crippen LogP) is 3.37. The molecule has 0 spiro atoms. The Labute approximate surface area is 142 Å². The first kappa shape index (κ1) is 16.5. The highest BCUT2D eigenvalue weighted by molar-refractivity contribution is 5.74. The number of rotatable bonds is 3. The molecule has 2 aromatic rings. The fourth-order valence-corrected chi connectivity index (χ4v) is 3.16. The SMILES string of the molecule is Cc1nccc(CNC(=O)N2CC[C@H](C)C[C@H]2c2ccc(C)o2)n1. The van der Waals surface area contributed by atoms with Crippen molar-refractivity contribution in [3.63, 3.8) is 0 Å². The normalized spacial score (nSPS) is 20.9. The molecule has 128 valence electrons. The van der Waals surface area contributed by atoms with Gasteiger partial charge >= 0.3 is 6.03 Å². The number of nitrogens with one attached hydrogen (secondary N) is 1. The van der Waals surface area contributed by atoms with Crippen molar-refractivity contribution in [2.75, 3.05) is 6.54 Å². The molecule has 0 unspecified atom stereocenters. The van der Waals surface area contributed by atoms with E-state index >= 15 is 0 Å². The number of urea groups is 1. The Bertz CT molecular complexity index is 713. The molecule has 2 amide bonds. The predicted molar refractivity (Wildman–Crippen MR) is 90.3 cm³/mol. The highest BCUT2D eigenvalue weighted by atomic mass is 16.3. The van der Waals surface area contributed by atoms with Crippen molar-refractivity contribution < 1.29 is 9.21 Å². The molecule has 2 aromatic heterocycles. The average molecular weight is 328 g/mol. The van der Waals surface area contributed by atoms with E-state index in [4.69, 9.17) is 4.42 Å². The lowest BCUT2D eigenvalue weighted by Gasteiger charge is -2.37. The molecular formula is C18H24N4O2. The molecule has 6 heteroatoms. The highest BCUT2D eigenvalue weighted by Crippen LogP contribution is 2.34. The van der Waals surface area contributed by atoms with E-state index in [2.05, 4.69) is 22.2 Å². The number of furan rings is 1. The van der Waals surface area contributed by atoms with Gasteiger partial charge in [-0.3, -0.25) is 0 Å². The van der Waals surface area contributed by atoms with Crippen molar-refractivity contribution in [2.45, 2.75) is 46.2 Å². The second kappa shape index (κ2) is 7.03.